The van der Waals surface area contributed by atoms with Gasteiger partial charge in [0.05, 0.1) is 23.2 Å². The highest BCUT2D eigenvalue weighted by Crippen LogP contribution is 2.62. The van der Waals surface area contributed by atoms with E-state index in [1.807, 2.05) is 25.1 Å². The fourth-order valence-corrected chi connectivity index (χ4v) is 8.92. The van der Waals surface area contributed by atoms with Crippen LogP contribution >= 0.6 is 0 Å². The molecule has 0 aromatic heterocycles. The van der Waals surface area contributed by atoms with Gasteiger partial charge in [-0.15, -0.1) is 6.58 Å². The second kappa shape index (κ2) is 20.6. The van der Waals surface area contributed by atoms with E-state index in [-0.39, 0.29) is 75.2 Å². The number of nitro benzene ring substituents is 1. The third-order valence-electron chi connectivity index (χ3n) is 11.4. The molecule has 3 aromatic carbocycles. The normalized spacial score (nSPS) is 23.3. The number of aliphatic hydroxyl groups is 2. The summed E-state index contributed by atoms with van der Waals surface area (Å²) >= 11 is 0. The molecule has 6 rings (SSSR count). The predicted octanol–water partition coefficient (Wildman–Crippen LogP) is 8.65. The Morgan fingerprint density at radius 3 is 2.37 bits per heavy atom. The van der Waals surface area contributed by atoms with E-state index in [4.69, 9.17) is 28.9 Å². The van der Waals surface area contributed by atoms with E-state index in [0.29, 0.717) is 35.6 Å². The third-order valence-corrected chi connectivity index (χ3v) is 11.4. The summed E-state index contributed by atoms with van der Waals surface area (Å²) in [4.78, 5) is 33.0. The van der Waals surface area contributed by atoms with Gasteiger partial charge in [0, 0.05) is 49.8 Å². The number of unbranched alkanes of at least 4 members (excludes halogenated alkanes) is 2. The largest absolute Gasteiger partial charge is 0.490 e. The van der Waals surface area contributed by atoms with Gasteiger partial charge in [-0.1, -0.05) is 54.9 Å². The van der Waals surface area contributed by atoms with Crippen molar-refractivity contribution in [2.45, 2.75) is 76.2 Å². The molecule has 1 fully saturated rings. The van der Waals surface area contributed by atoms with Gasteiger partial charge in [-0.2, -0.15) is 0 Å². The van der Waals surface area contributed by atoms with Crippen LogP contribution in [0, 0.1) is 33.7 Å². The van der Waals surface area contributed by atoms with Crippen molar-refractivity contribution in [1.29, 1.82) is 0 Å². The summed E-state index contributed by atoms with van der Waals surface area (Å²) in [6, 6.07) is 15.7. The Morgan fingerprint density at radius 2 is 1.70 bits per heavy atom. The lowest BCUT2D eigenvalue weighted by molar-refractivity contribution is -0.384. The van der Waals surface area contributed by atoms with E-state index in [0.717, 1.165) is 36.8 Å². The predicted molar refractivity (Wildman–Crippen MR) is 223 cm³/mol. The topological polar surface area (TPSA) is 162 Å². The number of fused-ring (bicyclic) bond motifs is 2. The minimum absolute atomic E-state index is 0.0160. The van der Waals surface area contributed by atoms with Gasteiger partial charge in [-0.25, -0.2) is 9.18 Å². The Bertz CT molecular complexity index is 2020. The van der Waals surface area contributed by atoms with Crippen molar-refractivity contribution in [2.75, 3.05) is 33.0 Å². The number of allylic oxidation sites excluding steroid dienone is 1. The molecule has 60 heavy (non-hydrogen) atoms. The van der Waals surface area contributed by atoms with Gasteiger partial charge < -0.3 is 34.0 Å². The lowest BCUT2D eigenvalue weighted by Gasteiger charge is -2.59. The zero-order valence-corrected chi connectivity index (χ0v) is 34.0. The fourth-order valence-electron chi connectivity index (χ4n) is 8.92. The van der Waals surface area contributed by atoms with Crippen LogP contribution in [-0.4, -0.2) is 76.7 Å². The summed E-state index contributed by atoms with van der Waals surface area (Å²) < 4.78 is 40.6. The van der Waals surface area contributed by atoms with Gasteiger partial charge in [0.25, 0.3) is 5.69 Å². The van der Waals surface area contributed by atoms with Gasteiger partial charge >= 0.3 is 6.09 Å². The molecule has 3 aromatic rings. The summed E-state index contributed by atoms with van der Waals surface area (Å²) in [6.45, 7) is 10.3. The number of nitrogens with zero attached hydrogens (tertiary/aromatic N) is 3. The second-order valence-electron chi connectivity index (χ2n) is 15.2. The molecule has 1 aliphatic heterocycles. The molecule has 0 radical (unpaired) electrons. The Hall–Kier alpha value is -5.57. The fraction of sp³-hybridized carbons (Fsp3) is 0.435. The van der Waals surface area contributed by atoms with Crippen molar-refractivity contribution in [3.8, 4) is 17.2 Å². The number of hydrogen-bond acceptors (Lipinski definition) is 11. The number of benzene rings is 3. The Labute approximate surface area is 349 Å². The van der Waals surface area contributed by atoms with Crippen molar-refractivity contribution in [2.24, 2.45) is 22.9 Å². The van der Waals surface area contributed by atoms with E-state index in [2.05, 4.69) is 19.2 Å². The molecule has 1 heterocycles. The number of carbonyl (C=O) groups is 1. The van der Waals surface area contributed by atoms with Crippen LogP contribution in [0.4, 0.5) is 14.9 Å². The maximum absolute atomic E-state index is 14.8. The smallest absolute Gasteiger partial charge is 0.416 e. The molecule has 0 unspecified atom stereocenters. The molecule has 0 spiro atoms. The molecule has 3 aliphatic rings. The van der Waals surface area contributed by atoms with Gasteiger partial charge in [0.15, 0.2) is 0 Å². The highest BCUT2D eigenvalue weighted by Gasteiger charge is 2.65. The SMILES string of the molecule is C=CCOc1ccc2c(c1)[C@H]1[C@H](CCCCO)[C@@H](CCCCO)C=C3C(=NOCC)C[C@H](N(Cc4ccc(F)cc4)C(=O)Oc4ccc([N+](=O)[O-])cc4)[C@@](OCC=C)(O2)[C@H]31. The van der Waals surface area contributed by atoms with Gasteiger partial charge in [0.1, 0.15) is 42.3 Å². The quantitative estimate of drug-likeness (QED) is 0.0460. The van der Waals surface area contributed by atoms with Crippen LogP contribution in [0.15, 0.2) is 109 Å². The molecule has 0 saturated heterocycles. The summed E-state index contributed by atoms with van der Waals surface area (Å²) in [5, 5.41) is 35.8. The van der Waals surface area contributed by atoms with Crippen molar-refractivity contribution in [1.82, 2.24) is 4.90 Å². The standard InChI is InChI=1S/C46H54FN3O10/c1-4-25-56-36-21-22-41-39(28-36)43-37(12-8-10-24-52)32(11-7-9-23-51)27-38-40(48-58-6-3)29-42(46(60-41,44(38)43)57-26-5-2)49(30-31-13-15-33(47)16-14-31)45(53)59-35-19-17-34(18-20-35)50(54)55/h4-5,13-22,27-28,32,37,42-44,51-52H,1-2,6-12,23-26,29-30H2,3H3/t32-,37+,42-,43+,44+,46+/m0/s1. The molecule has 2 aliphatic carbocycles. The van der Waals surface area contributed by atoms with E-state index in [1.54, 1.807) is 24.3 Å². The zero-order valence-electron chi connectivity index (χ0n) is 34.0. The summed E-state index contributed by atoms with van der Waals surface area (Å²) in [5.41, 5.74) is 2.76. The minimum Gasteiger partial charge on any atom is -0.490 e. The van der Waals surface area contributed by atoms with Crippen LogP contribution < -0.4 is 14.2 Å². The molecule has 1 saturated carbocycles. The van der Waals surface area contributed by atoms with E-state index < -0.39 is 34.6 Å². The molecular formula is C46H54FN3O10. The number of carbonyl (C=O) groups excluding carboxylic acids is 1. The van der Waals surface area contributed by atoms with Gasteiger partial charge in [0.2, 0.25) is 5.79 Å². The van der Waals surface area contributed by atoms with Crippen molar-refractivity contribution >= 4 is 17.5 Å². The monoisotopic (exact) mass is 827 g/mol. The molecule has 2 N–H and O–H groups in total. The van der Waals surface area contributed by atoms with Crippen LogP contribution in [-0.2, 0) is 16.1 Å². The van der Waals surface area contributed by atoms with Gasteiger partial charge in [-0.3, -0.25) is 15.0 Å². The molecule has 14 heteroatoms. The summed E-state index contributed by atoms with van der Waals surface area (Å²) in [6.07, 6.45) is 9.13. The number of amides is 1. The number of oxime groups is 1. The lowest BCUT2D eigenvalue weighted by atomic mass is 9.55. The van der Waals surface area contributed by atoms with Crippen LogP contribution in [0.3, 0.4) is 0 Å². The van der Waals surface area contributed by atoms with E-state index in [9.17, 15) is 29.5 Å². The number of rotatable bonds is 21. The molecular weight excluding hydrogens is 774 g/mol. The van der Waals surface area contributed by atoms with Crippen molar-refractivity contribution in [3.05, 3.63) is 131 Å². The minimum atomic E-state index is -1.59. The maximum atomic E-state index is 14.8. The Morgan fingerprint density at radius 1 is 1.00 bits per heavy atom. The molecule has 6 atom stereocenters. The maximum Gasteiger partial charge on any atom is 0.416 e. The highest BCUT2D eigenvalue weighted by atomic mass is 19.1. The first-order valence-corrected chi connectivity index (χ1v) is 20.6. The summed E-state index contributed by atoms with van der Waals surface area (Å²) in [5.74, 6) is -1.68. The number of nitro groups is 1. The first-order valence-electron chi connectivity index (χ1n) is 20.6. The molecule has 0 bridgehead atoms. The van der Waals surface area contributed by atoms with Crippen LogP contribution in [0.25, 0.3) is 0 Å². The Balaban J connectivity index is 1.59. The number of hydrogen-bond donors (Lipinski definition) is 2. The van der Waals surface area contributed by atoms with E-state index >= 15 is 0 Å². The van der Waals surface area contributed by atoms with Crippen LogP contribution in [0.2, 0.25) is 0 Å². The number of aliphatic hydroxyl groups excluding tert-OH is 2. The lowest BCUT2D eigenvalue weighted by Crippen LogP contribution is -2.70. The number of halogens is 1. The molecule has 320 valence electrons. The average Bonchev–Trinajstić information content (AvgIpc) is 3.25. The molecule has 1 amide bonds. The highest BCUT2D eigenvalue weighted by molar-refractivity contribution is 6.03. The van der Waals surface area contributed by atoms with Crippen LogP contribution in [0.5, 0.6) is 17.2 Å². The second-order valence-corrected chi connectivity index (χ2v) is 15.2. The van der Waals surface area contributed by atoms with Gasteiger partial charge in [-0.05, 0) is 98.0 Å². The zero-order chi connectivity index (χ0) is 42.6. The first kappa shape index (κ1) is 44.0. The van der Waals surface area contributed by atoms with Crippen molar-refractivity contribution in [3.63, 3.8) is 0 Å². The Kier molecular flexibility index (Phi) is 15.1. The van der Waals surface area contributed by atoms with Crippen molar-refractivity contribution < 1.29 is 48.1 Å². The summed E-state index contributed by atoms with van der Waals surface area (Å²) in [7, 11) is 0. The number of non-ortho nitro benzene ring substituents is 1. The first-order chi connectivity index (χ1) is 29.2. The number of ether oxygens (including phenoxy) is 4. The molecule has 13 nitrogen and oxygen atoms in total. The van der Waals surface area contributed by atoms with E-state index in [1.165, 1.54) is 41.3 Å². The van der Waals surface area contributed by atoms with Crippen LogP contribution in [0.1, 0.15) is 68.9 Å². The average molecular weight is 828 g/mol. The third kappa shape index (κ3) is 9.72.